The Balaban J connectivity index is 3.09. The van der Waals surface area contributed by atoms with Gasteiger partial charge in [0.05, 0.1) is 0 Å². The summed E-state index contributed by atoms with van der Waals surface area (Å²) in [6, 6.07) is 4.06. The summed E-state index contributed by atoms with van der Waals surface area (Å²) in [6.07, 6.45) is 5.99. The molecule has 0 amide bonds. The van der Waals surface area contributed by atoms with Crippen molar-refractivity contribution in [3.05, 3.63) is 28.8 Å². The van der Waals surface area contributed by atoms with E-state index >= 15 is 0 Å². The number of rotatable bonds is 9. The van der Waals surface area contributed by atoms with Crippen LogP contribution in [0.2, 0.25) is 0 Å². The molecule has 0 heterocycles. The van der Waals surface area contributed by atoms with E-state index in [0.717, 1.165) is 25.2 Å². The highest BCUT2D eigenvalue weighted by atomic mass is 16.3. The van der Waals surface area contributed by atoms with Gasteiger partial charge >= 0.3 is 0 Å². The molecule has 0 unspecified atom stereocenters. The number of phenols is 1. The summed E-state index contributed by atoms with van der Waals surface area (Å²) >= 11 is 0. The lowest BCUT2D eigenvalue weighted by molar-refractivity contribution is 0.253. The highest BCUT2D eigenvalue weighted by Crippen LogP contribution is 2.31. The summed E-state index contributed by atoms with van der Waals surface area (Å²) in [5.41, 5.74) is 2.76. The summed E-state index contributed by atoms with van der Waals surface area (Å²) in [7, 11) is 0. The van der Waals surface area contributed by atoms with Crippen LogP contribution in [-0.4, -0.2) is 29.3 Å². The summed E-state index contributed by atoms with van der Waals surface area (Å²) in [4.78, 5) is 2.43. The Bertz CT molecular complexity index is 495. The van der Waals surface area contributed by atoms with Crippen LogP contribution in [-0.2, 0) is 12.0 Å². The fourth-order valence-corrected chi connectivity index (χ4v) is 2.66. The fourth-order valence-electron chi connectivity index (χ4n) is 2.66. The van der Waals surface area contributed by atoms with Crippen LogP contribution in [0, 0.1) is 5.41 Å². The molecule has 23 heavy (non-hydrogen) atoms. The Kier molecular flexibility index (Phi) is 7.77. The first-order valence-corrected chi connectivity index (χ1v) is 8.92. The second-order valence-corrected chi connectivity index (χ2v) is 7.45. The molecule has 0 atom stereocenters. The summed E-state index contributed by atoms with van der Waals surface area (Å²) in [6.45, 7) is 13.8. The molecule has 130 valence electrons. The molecule has 0 spiro atoms. The van der Waals surface area contributed by atoms with Crippen LogP contribution in [0.3, 0.4) is 0 Å². The van der Waals surface area contributed by atoms with Crippen LogP contribution in [0.15, 0.2) is 12.1 Å². The molecule has 3 heteroatoms. The van der Waals surface area contributed by atoms with E-state index in [4.69, 9.17) is 5.41 Å². The number of hydrogen-bond donors (Lipinski definition) is 2. The highest BCUT2D eigenvalue weighted by molar-refractivity contribution is 5.82. The molecule has 0 bridgehead atoms. The van der Waals surface area contributed by atoms with E-state index in [1.165, 1.54) is 37.5 Å². The topological polar surface area (TPSA) is 47.3 Å². The lowest BCUT2D eigenvalue weighted by Gasteiger charge is -2.25. The highest BCUT2D eigenvalue weighted by Gasteiger charge is 2.19. The van der Waals surface area contributed by atoms with Crippen molar-refractivity contribution in [1.29, 1.82) is 5.41 Å². The van der Waals surface area contributed by atoms with Crippen molar-refractivity contribution in [1.82, 2.24) is 4.90 Å². The molecule has 2 N–H and O–H groups in total. The van der Waals surface area contributed by atoms with Crippen molar-refractivity contribution >= 4 is 6.21 Å². The molecule has 0 fully saturated rings. The molecule has 0 aliphatic carbocycles. The van der Waals surface area contributed by atoms with Gasteiger partial charge in [0.25, 0.3) is 0 Å². The molecule has 0 saturated carbocycles. The number of nitrogens with zero attached hydrogens (tertiary/aromatic N) is 1. The van der Waals surface area contributed by atoms with Gasteiger partial charge in [0.2, 0.25) is 0 Å². The zero-order valence-electron chi connectivity index (χ0n) is 15.6. The average molecular weight is 319 g/mol. The molecule has 1 aromatic carbocycles. The number of unbranched alkanes of at least 4 members (excludes halogenated alkanes) is 2. The van der Waals surface area contributed by atoms with Gasteiger partial charge in [0, 0.05) is 23.9 Å². The molecule has 0 radical (unpaired) electrons. The fraction of sp³-hybridized carbons (Fsp3) is 0.650. The molecular formula is C20H34N2O. The quantitative estimate of drug-likeness (QED) is 0.623. The van der Waals surface area contributed by atoms with Crippen molar-refractivity contribution in [2.24, 2.45) is 0 Å². The SMILES string of the molecule is CCCCN(CCCC)Cc1cc(C(C)(C)C)cc(C=N)c1O. The van der Waals surface area contributed by atoms with Crippen molar-refractivity contribution in [3.8, 4) is 5.75 Å². The Labute approximate surface area is 142 Å². The third-order valence-electron chi connectivity index (χ3n) is 4.29. The van der Waals surface area contributed by atoms with Gasteiger partial charge < -0.3 is 10.5 Å². The number of aromatic hydroxyl groups is 1. The number of nitrogens with one attached hydrogen (secondary N) is 1. The van der Waals surface area contributed by atoms with E-state index in [0.29, 0.717) is 5.56 Å². The largest absolute Gasteiger partial charge is 0.507 e. The molecule has 1 rings (SSSR count). The molecule has 0 aromatic heterocycles. The first-order valence-electron chi connectivity index (χ1n) is 8.92. The molecule has 3 nitrogen and oxygen atoms in total. The van der Waals surface area contributed by atoms with Crippen LogP contribution in [0.5, 0.6) is 5.75 Å². The second kappa shape index (κ2) is 9.07. The number of hydrogen-bond acceptors (Lipinski definition) is 3. The van der Waals surface area contributed by atoms with Crippen molar-refractivity contribution in [3.63, 3.8) is 0 Å². The van der Waals surface area contributed by atoms with Gasteiger partial charge in [-0.25, -0.2) is 0 Å². The Morgan fingerprint density at radius 2 is 1.65 bits per heavy atom. The lowest BCUT2D eigenvalue weighted by Crippen LogP contribution is -2.26. The minimum absolute atomic E-state index is 0.0118. The van der Waals surface area contributed by atoms with Gasteiger partial charge in [-0.2, -0.15) is 0 Å². The molecule has 0 saturated heterocycles. The molecule has 1 aromatic rings. The van der Waals surface area contributed by atoms with Gasteiger partial charge in [-0.05, 0) is 43.0 Å². The Morgan fingerprint density at radius 1 is 1.09 bits per heavy atom. The summed E-state index contributed by atoms with van der Waals surface area (Å²) in [5, 5.41) is 18.1. The van der Waals surface area contributed by atoms with Gasteiger partial charge in [0.15, 0.2) is 0 Å². The maximum Gasteiger partial charge on any atom is 0.128 e. The van der Waals surface area contributed by atoms with Gasteiger partial charge in [-0.15, -0.1) is 0 Å². The van der Waals surface area contributed by atoms with Crippen molar-refractivity contribution in [2.75, 3.05) is 13.1 Å². The zero-order valence-corrected chi connectivity index (χ0v) is 15.6. The first-order chi connectivity index (χ1) is 10.8. The van der Waals surface area contributed by atoms with E-state index in [1.807, 2.05) is 6.07 Å². The van der Waals surface area contributed by atoms with Gasteiger partial charge in [0.1, 0.15) is 5.75 Å². The van der Waals surface area contributed by atoms with Crippen LogP contribution in [0.4, 0.5) is 0 Å². The number of phenolic OH excluding ortho intramolecular Hbond substituents is 1. The van der Waals surface area contributed by atoms with E-state index in [-0.39, 0.29) is 11.2 Å². The molecule has 0 aliphatic heterocycles. The third-order valence-corrected chi connectivity index (χ3v) is 4.29. The zero-order chi connectivity index (χ0) is 17.5. The normalized spacial score (nSPS) is 11.9. The maximum absolute atomic E-state index is 10.5. The second-order valence-electron chi connectivity index (χ2n) is 7.45. The van der Waals surface area contributed by atoms with Gasteiger partial charge in [-0.3, -0.25) is 4.90 Å². The van der Waals surface area contributed by atoms with Crippen LogP contribution in [0.25, 0.3) is 0 Å². The minimum atomic E-state index is 0.0118. The standard InChI is InChI=1S/C20H34N2O/c1-6-8-10-22(11-9-7-2)15-17-13-18(20(3,4)5)12-16(14-21)19(17)23/h12-14,21,23H,6-11,15H2,1-5H3. The lowest BCUT2D eigenvalue weighted by atomic mass is 9.84. The van der Waals surface area contributed by atoms with Crippen LogP contribution < -0.4 is 0 Å². The van der Waals surface area contributed by atoms with E-state index in [2.05, 4.69) is 45.6 Å². The summed E-state index contributed by atoms with van der Waals surface area (Å²) in [5.74, 6) is 0.269. The molecule has 0 aliphatic rings. The van der Waals surface area contributed by atoms with E-state index in [9.17, 15) is 5.11 Å². The van der Waals surface area contributed by atoms with Crippen molar-refractivity contribution < 1.29 is 5.11 Å². The monoisotopic (exact) mass is 318 g/mol. The predicted octanol–water partition coefficient (Wildman–Crippen LogP) is 5.09. The minimum Gasteiger partial charge on any atom is -0.507 e. The van der Waals surface area contributed by atoms with Gasteiger partial charge in [-0.1, -0.05) is 53.5 Å². The average Bonchev–Trinajstić information content (AvgIpc) is 2.50. The first kappa shape index (κ1) is 19.7. The summed E-state index contributed by atoms with van der Waals surface area (Å²) < 4.78 is 0. The molecular weight excluding hydrogens is 284 g/mol. The maximum atomic E-state index is 10.5. The number of benzene rings is 1. The van der Waals surface area contributed by atoms with E-state index in [1.54, 1.807) is 0 Å². The smallest absolute Gasteiger partial charge is 0.128 e. The Morgan fingerprint density at radius 3 is 2.09 bits per heavy atom. The van der Waals surface area contributed by atoms with E-state index < -0.39 is 0 Å². The Hall–Kier alpha value is -1.35. The van der Waals surface area contributed by atoms with Crippen LogP contribution >= 0.6 is 0 Å². The predicted molar refractivity (Wildman–Crippen MR) is 99.8 cm³/mol. The van der Waals surface area contributed by atoms with Crippen LogP contribution in [0.1, 0.15) is 77.0 Å². The van der Waals surface area contributed by atoms with Crippen molar-refractivity contribution in [2.45, 2.75) is 72.3 Å². The third kappa shape index (κ3) is 5.98.